The summed E-state index contributed by atoms with van der Waals surface area (Å²) < 4.78 is 12.7. The van der Waals surface area contributed by atoms with Gasteiger partial charge in [0.1, 0.15) is 5.82 Å². The molecule has 0 fully saturated rings. The standard InChI is InChI=1S/C15H15FN2O3S/c16-11-1-3-12(4-2-11)18-15(21)14(20)17-7-5-13(19)10-6-8-22-9-10/h1-4,6,8-9,13,19H,5,7H2,(H,17,20)(H,18,21). The fraction of sp³-hybridized carbons (Fsp3) is 0.200. The molecule has 0 aliphatic rings. The van der Waals surface area contributed by atoms with Gasteiger partial charge in [-0.1, -0.05) is 0 Å². The summed E-state index contributed by atoms with van der Waals surface area (Å²) in [6, 6.07) is 6.90. The molecular formula is C15H15FN2O3S. The van der Waals surface area contributed by atoms with Crippen molar-refractivity contribution >= 4 is 28.8 Å². The molecule has 22 heavy (non-hydrogen) atoms. The number of carbonyl (C=O) groups excluding carboxylic acids is 2. The predicted molar refractivity (Wildman–Crippen MR) is 81.9 cm³/mol. The van der Waals surface area contributed by atoms with Gasteiger partial charge < -0.3 is 15.7 Å². The summed E-state index contributed by atoms with van der Waals surface area (Å²) in [5, 5.41) is 18.3. The van der Waals surface area contributed by atoms with Crippen molar-refractivity contribution in [1.82, 2.24) is 5.32 Å². The Morgan fingerprint density at radius 3 is 2.55 bits per heavy atom. The van der Waals surface area contributed by atoms with Crippen LogP contribution in [0.1, 0.15) is 18.1 Å². The number of carbonyl (C=O) groups is 2. The average molecular weight is 322 g/mol. The number of rotatable bonds is 5. The average Bonchev–Trinajstić information content (AvgIpc) is 3.03. The molecule has 1 atom stereocenters. The van der Waals surface area contributed by atoms with E-state index in [4.69, 9.17) is 0 Å². The van der Waals surface area contributed by atoms with Gasteiger partial charge in [-0.25, -0.2) is 4.39 Å². The molecule has 7 heteroatoms. The first-order chi connectivity index (χ1) is 10.6. The van der Waals surface area contributed by atoms with Crippen LogP contribution in [0.3, 0.4) is 0 Å². The number of halogens is 1. The molecule has 0 saturated carbocycles. The molecular weight excluding hydrogens is 307 g/mol. The zero-order valence-electron chi connectivity index (χ0n) is 11.6. The van der Waals surface area contributed by atoms with E-state index in [0.29, 0.717) is 12.1 Å². The van der Waals surface area contributed by atoms with Crippen molar-refractivity contribution in [2.45, 2.75) is 12.5 Å². The van der Waals surface area contributed by atoms with Crippen LogP contribution in [-0.4, -0.2) is 23.5 Å². The maximum Gasteiger partial charge on any atom is 0.313 e. The van der Waals surface area contributed by atoms with Crippen LogP contribution in [0.5, 0.6) is 0 Å². The quantitative estimate of drug-likeness (QED) is 0.737. The van der Waals surface area contributed by atoms with Crippen molar-refractivity contribution in [2.24, 2.45) is 0 Å². The maximum atomic E-state index is 12.7. The number of anilines is 1. The van der Waals surface area contributed by atoms with Crippen molar-refractivity contribution in [2.75, 3.05) is 11.9 Å². The van der Waals surface area contributed by atoms with Crippen LogP contribution in [0.15, 0.2) is 41.1 Å². The molecule has 0 spiro atoms. The van der Waals surface area contributed by atoms with Crippen molar-refractivity contribution in [3.63, 3.8) is 0 Å². The van der Waals surface area contributed by atoms with E-state index < -0.39 is 23.7 Å². The monoisotopic (exact) mass is 322 g/mol. The van der Waals surface area contributed by atoms with Gasteiger partial charge >= 0.3 is 11.8 Å². The highest BCUT2D eigenvalue weighted by Crippen LogP contribution is 2.18. The van der Waals surface area contributed by atoms with E-state index in [1.54, 1.807) is 6.07 Å². The first-order valence-electron chi connectivity index (χ1n) is 6.61. The number of hydrogen-bond donors (Lipinski definition) is 3. The fourth-order valence-corrected chi connectivity index (χ4v) is 2.46. The number of aliphatic hydroxyl groups is 1. The lowest BCUT2D eigenvalue weighted by Crippen LogP contribution is -2.36. The zero-order chi connectivity index (χ0) is 15.9. The van der Waals surface area contributed by atoms with E-state index in [-0.39, 0.29) is 6.54 Å². The van der Waals surface area contributed by atoms with Crippen LogP contribution in [-0.2, 0) is 9.59 Å². The molecule has 2 rings (SSSR count). The minimum atomic E-state index is -0.836. The number of amides is 2. The van der Waals surface area contributed by atoms with Gasteiger partial charge in [0, 0.05) is 12.2 Å². The third kappa shape index (κ3) is 4.64. The predicted octanol–water partition coefficient (Wildman–Crippen LogP) is 2.07. The summed E-state index contributed by atoms with van der Waals surface area (Å²) in [5.41, 5.74) is 1.12. The molecule has 1 unspecified atom stereocenters. The third-order valence-corrected chi connectivity index (χ3v) is 3.64. The zero-order valence-corrected chi connectivity index (χ0v) is 12.4. The summed E-state index contributed by atoms with van der Waals surface area (Å²) in [4.78, 5) is 23.2. The van der Waals surface area contributed by atoms with Crippen LogP contribution >= 0.6 is 11.3 Å². The second-order valence-corrected chi connectivity index (χ2v) is 5.36. The molecule has 1 heterocycles. The van der Waals surface area contributed by atoms with Crippen molar-refractivity contribution in [1.29, 1.82) is 0 Å². The molecule has 5 nitrogen and oxygen atoms in total. The minimum absolute atomic E-state index is 0.173. The topological polar surface area (TPSA) is 78.4 Å². The van der Waals surface area contributed by atoms with E-state index in [9.17, 15) is 19.1 Å². The number of aliphatic hydroxyl groups excluding tert-OH is 1. The number of benzene rings is 1. The number of thiophene rings is 1. The van der Waals surface area contributed by atoms with E-state index >= 15 is 0 Å². The second-order valence-electron chi connectivity index (χ2n) is 4.58. The maximum absolute atomic E-state index is 12.7. The molecule has 0 aliphatic heterocycles. The molecule has 116 valence electrons. The van der Waals surface area contributed by atoms with Gasteiger partial charge in [0.15, 0.2) is 0 Å². The molecule has 1 aromatic heterocycles. The van der Waals surface area contributed by atoms with Gasteiger partial charge in [0.05, 0.1) is 6.10 Å². The lowest BCUT2D eigenvalue weighted by atomic mass is 10.1. The van der Waals surface area contributed by atoms with Crippen molar-refractivity contribution in [3.8, 4) is 0 Å². The highest BCUT2D eigenvalue weighted by Gasteiger charge is 2.14. The highest BCUT2D eigenvalue weighted by atomic mass is 32.1. The van der Waals surface area contributed by atoms with E-state index in [0.717, 1.165) is 5.56 Å². The molecule has 0 aliphatic carbocycles. The van der Waals surface area contributed by atoms with Crippen molar-refractivity contribution < 1.29 is 19.1 Å². The Morgan fingerprint density at radius 1 is 1.18 bits per heavy atom. The number of nitrogens with one attached hydrogen (secondary N) is 2. The van der Waals surface area contributed by atoms with Crippen LogP contribution in [0.2, 0.25) is 0 Å². The summed E-state index contributed by atoms with van der Waals surface area (Å²) >= 11 is 1.48. The lowest BCUT2D eigenvalue weighted by molar-refractivity contribution is -0.136. The summed E-state index contributed by atoms with van der Waals surface area (Å²) in [5.74, 6) is -2.07. The Kier molecular flexibility index (Phi) is 5.62. The van der Waals surface area contributed by atoms with E-state index in [1.807, 2.05) is 10.8 Å². The third-order valence-electron chi connectivity index (χ3n) is 2.94. The molecule has 0 saturated heterocycles. The Morgan fingerprint density at radius 2 is 1.91 bits per heavy atom. The molecule has 2 aromatic rings. The summed E-state index contributed by atoms with van der Waals surface area (Å²) in [6.07, 6.45) is -0.363. The highest BCUT2D eigenvalue weighted by molar-refractivity contribution is 7.07. The van der Waals surface area contributed by atoms with Crippen molar-refractivity contribution in [3.05, 3.63) is 52.5 Å². The molecule has 0 bridgehead atoms. The van der Waals surface area contributed by atoms with E-state index in [1.165, 1.54) is 35.6 Å². The van der Waals surface area contributed by atoms with Crippen LogP contribution in [0.25, 0.3) is 0 Å². The number of hydrogen-bond acceptors (Lipinski definition) is 4. The Bertz CT molecular complexity index is 629. The molecule has 3 N–H and O–H groups in total. The summed E-state index contributed by atoms with van der Waals surface area (Å²) in [6.45, 7) is 0.173. The first-order valence-corrected chi connectivity index (χ1v) is 7.55. The van der Waals surface area contributed by atoms with Gasteiger partial charge in [-0.15, -0.1) is 0 Å². The van der Waals surface area contributed by atoms with Crippen LogP contribution in [0.4, 0.5) is 10.1 Å². The second kappa shape index (κ2) is 7.67. The Balaban J connectivity index is 1.74. The minimum Gasteiger partial charge on any atom is -0.388 e. The lowest BCUT2D eigenvalue weighted by Gasteiger charge is -2.10. The Labute approximate surface area is 130 Å². The van der Waals surface area contributed by atoms with Crippen LogP contribution < -0.4 is 10.6 Å². The summed E-state index contributed by atoms with van der Waals surface area (Å²) in [7, 11) is 0. The molecule has 0 radical (unpaired) electrons. The van der Waals surface area contributed by atoms with Crippen LogP contribution in [0, 0.1) is 5.82 Å². The van der Waals surface area contributed by atoms with Gasteiger partial charge in [-0.3, -0.25) is 9.59 Å². The molecule has 1 aromatic carbocycles. The van der Waals surface area contributed by atoms with Gasteiger partial charge in [-0.05, 0) is 53.1 Å². The fourth-order valence-electron chi connectivity index (χ4n) is 1.76. The SMILES string of the molecule is O=C(NCCC(O)c1ccsc1)C(=O)Nc1ccc(F)cc1. The Hall–Kier alpha value is -2.25. The van der Waals surface area contributed by atoms with Gasteiger partial charge in [0.25, 0.3) is 0 Å². The van der Waals surface area contributed by atoms with E-state index in [2.05, 4.69) is 10.6 Å². The normalized spacial score (nSPS) is 11.7. The molecule has 2 amide bonds. The first kappa shape index (κ1) is 16.1. The van der Waals surface area contributed by atoms with Gasteiger partial charge in [0.2, 0.25) is 0 Å². The largest absolute Gasteiger partial charge is 0.388 e. The smallest absolute Gasteiger partial charge is 0.313 e. The van der Waals surface area contributed by atoms with Gasteiger partial charge in [-0.2, -0.15) is 11.3 Å².